The van der Waals surface area contributed by atoms with Crippen LogP contribution in [-0.2, 0) is 0 Å². The van der Waals surface area contributed by atoms with Gasteiger partial charge in [-0.1, -0.05) is 0 Å². The molecule has 0 N–H and O–H groups in total. The van der Waals surface area contributed by atoms with E-state index in [4.69, 9.17) is 0 Å². The molecule has 0 bridgehead atoms. The van der Waals surface area contributed by atoms with E-state index in [0.717, 1.165) is 11.0 Å². The maximum absolute atomic E-state index is 3.95. The average Bonchev–Trinajstić information content (AvgIpc) is 2.05. The molecule has 2 aromatic heterocycles. The van der Waals surface area contributed by atoms with Crippen molar-refractivity contribution in [2.45, 2.75) is 0 Å². The van der Waals surface area contributed by atoms with Gasteiger partial charge in [-0.3, -0.25) is 0 Å². The van der Waals surface area contributed by atoms with Gasteiger partial charge in [-0.2, -0.15) is 5.10 Å². The summed E-state index contributed by atoms with van der Waals surface area (Å²) in [5.74, 6) is 0. The van der Waals surface area contributed by atoms with Crippen molar-refractivity contribution in [3.8, 4) is 0 Å². The fraction of sp³-hybridized carbons (Fsp3) is 0. The van der Waals surface area contributed by atoms with Gasteiger partial charge >= 0.3 is 0 Å². The molecule has 1 radical (unpaired) electrons. The molecule has 47 valence electrons. The first-order valence-corrected chi connectivity index (χ1v) is 2.91. The van der Waals surface area contributed by atoms with Crippen LogP contribution in [0.5, 0.6) is 0 Å². The van der Waals surface area contributed by atoms with Crippen molar-refractivity contribution in [3.05, 3.63) is 30.6 Å². The summed E-state index contributed by atoms with van der Waals surface area (Å²) >= 11 is 0. The topological polar surface area (TPSA) is 38.7 Å². The number of nitrogens with zero attached hydrogens (tertiary/aromatic N) is 3. The van der Waals surface area contributed by atoms with E-state index in [1.165, 1.54) is 0 Å². The van der Waals surface area contributed by atoms with Crippen LogP contribution in [0, 0.1) is 6.20 Å². The SMILES string of the molecule is [c]1ccc2nnccc2n1. The second kappa shape index (κ2) is 2.02. The van der Waals surface area contributed by atoms with Crippen LogP contribution >= 0.6 is 0 Å². The fourth-order valence-corrected chi connectivity index (χ4v) is 0.772. The first-order chi connectivity index (χ1) is 4.97. The highest BCUT2D eigenvalue weighted by Gasteiger charge is 1.89. The third-order valence-electron chi connectivity index (χ3n) is 1.23. The van der Waals surface area contributed by atoms with E-state index in [-0.39, 0.29) is 0 Å². The molecule has 10 heavy (non-hydrogen) atoms. The Morgan fingerprint density at radius 1 is 1.20 bits per heavy atom. The number of rotatable bonds is 0. The zero-order chi connectivity index (χ0) is 6.81. The zero-order valence-electron chi connectivity index (χ0n) is 5.15. The maximum Gasteiger partial charge on any atom is 0.111 e. The summed E-state index contributed by atoms with van der Waals surface area (Å²) in [6.07, 6.45) is 4.33. The van der Waals surface area contributed by atoms with Gasteiger partial charge in [-0.25, -0.2) is 4.98 Å². The molecule has 0 aromatic carbocycles. The Morgan fingerprint density at radius 2 is 2.20 bits per heavy atom. The van der Waals surface area contributed by atoms with E-state index >= 15 is 0 Å². The highest BCUT2D eigenvalue weighted by molar-refractivity contribution is 5.71. The van der Waals surface area contributed by atoms with E-state index < -0.39 is 0 Å². The molecule has 0 unspecified atom stereocenters. The van der Waals surface area contributed by atoms with Gasteiger partial charge in [0.15, 0.2) is 0 Å². The second-order valence-corrected chi connectivity index (χ2v) is 1.88. The summed E-state index contributed by atoms with van der Waals surface area (Å²) < 4.78 is 0. The van der Waals surface area contributed by atoms with Gasteiger partial charge in [0, 0.05) is 0 Å². The van der Waals surface area contributed by atoms with Crippen LogP contribution < -0.4 is 0 Å². The van der Waals surface area contributed by atoms with Gasteiger partial charge in [0.2, 0.25) is 0 Å². The van der Waals surface area contributed by atoms with Crippen LogP contribution in [0.15, 0.2) is 24.4 Å². The zero-order valence-corrected chi connectivity index (χ0v) is 5.15. The van der Waals surface area contributed by atoms with Crippen LogP contribution in [0.3, 0.4) is 0 Å². The Bertz CT molecular complexity index is 280. The van der Waals surface area contributed by atoms with Crippen molar-refractivity contribution in [1.29, 1.82) is 0 Å². The Labute approximate surface area is 57.7 Å². The van der Waals surface area contributed by atoms with E-state index in [9.17, 15) is 0 Å². The van der Waals surface area contributed by atoms with Gasteiger partial charge in [0.05, 0.1) is 17.9 Å². The lowest BCUT2D eigenvalue weighted by atomic mass is 10.3. The Hall–Kier alpha value is -1.51. The van der Waals surface area contributed by atoms with Gasteiger partial charge in [-0.05, 0) is 18.2 Å². The van der Waals surface area contributed by atoms with Gasteiger partial charge in [0.1, 0.15) is 5.52 Å². The standard InChI is InChI=1S/C7H4N3/c1-2-7-6(8-4-1)3-5-9-10-7/h1-3,5H. The lowest BCUT2D eigenvalue weighted by Crippen LogP contribution is -1.83. The molecular weight excluding hydrogens is 126 g/mol. The summed E-state index contributed by atoms with van der Waals surface area (Å²) in [6, 6.07) is 5.35. The second-order valence-electron chi connectivity index (χ2n) is 1.88. The predicted molar refractivity (Wildman–Crippen MR) is 36.2 cm³/mol. The van der Waals surface area contributed by atoms with E-state index in [1.54, 1.807) is 18.3 Å². The summed E-state index contributed by atoms with van der Waals surface area (Å²) in [4.78, 5) is 3.95. The molecule has 0 aliphatic heterocycles. The van der Waals surface area contributed by atoms with Crippen molar-refractivity contribution in [1.82, 2.24) is 15.2 Å². The minimum atomic E-state index is 0.807. The van der Waals surface area contributed by atoms with Crippen LogP contribution in [0.4, 0.5) is 0 Å². The van der Waals surface area contributed by atoms with Crippen molar-refractivity contribution >= 4 is 11.0 Å². The van der Waals surface area contributed by atoms with Crippen molar-refractivity contribution < 1.29 is 0 Å². The number of pyridine rings is 1. The van der Waals surface area contributed by atoms with Crippen molar-refractivity contribution in [2.24, 2.45) is 0 Å². The molecule has 3 nitrogen and oxygen atoms in total. The Morgan fingerprint density at radius 3 is 3.10 bits per heavy atom. The van der Waals surface area contributed by atoms with E-state index in [0.29, 0.717) is 0 Å². The third-order valence-corrected chi connectivity index (χ3v) is 1.23. The summed E-state index contributed by atoms with van der Waals surface area (Å²) in [5.41, 5.74) is 1.64. The minimum absolute atomic E-state index is 0.807. The van der Waals surface area contributed by atoms with Crippen LogP contribution in [0.2, 0.25) is 0 Å². The number of hydrogen-bond donors (Lipinski definition) is 0. The maximum atomic E-state index is 3.95. The van der Waals surface area contributed by atoms with Gasteiger partial charge < -0.3 is 0 Å². The van der Waals surface area contributed by atoms with Crippen LogP contribution in [0.25, 0.3) is 11.0 Å². The number of aromatic nitrogens is 3. The molecule has 0 amide bonds. The van der Waals surface area contributed by atoms with Gasteiger partial charge in [-0.15, -0.1) is 5.10 Å². The molecule has 0 saturated carbocycles. The quantitative estimate of drug-likeness (QED) is 0.530. The smallest absolute Gasteiger partial charge is 0.111 e. The minimum Gasteiger partial charge on any atom is -0.244 e. The molecule has 0 aliphatic carbocycles. The predicted octanol–water partition coefficient (Wildman–Crippen LogP) is 0.825. The molecule has 2 aromatic rings. The molecular formula is C7H4N3. The molecule has 2 rings (SSSR count). The molecule has 3 heteroatoms. The number of hydrogen-bond acceptors (Lipinski definition) is 3. The van der Waals surface area contributed by atoms with Crippen molar-refractivity contribution in [2.75, 3.05) is 0 Å². The lowest BCUT2D eigenvalue weighted by Gasteiger charge is -1.88. The Balaban J connectivity index is 2.89. The highest BCUT2D eigenvalue weighted by atomic mass is 15.1. The molecule has 0 saturated heterocycles. The fourth-order valence-electron chi connectivity index (χ4n) is 0.772. The van der Waals surface area contributed by atoms with Crippen LogP contribution in [0.1, 0.15) is 0 Å². The van der Waals surface area contributed by atoms with Crippen LogP contribution in [-0.4, -0.2) is 15.2 Å². The molecule has 0 aliphatic rings. The summed E-state index contributed by atoms with van der Waals surface area (Å²) in [5, 5.41) is 7.56. The molecule has 0 fully saturated rings. The first-order valence-electron chi connectivity index (χ1n) is 2.91. The highest BCUT2D eigenvalue weighted by Crippen LogP contribution is 2.02. The monoisotopic (exact) mass is 130 g/mol. The number of fused-ring (bicyclic) bond motifs is 1. The Kier molecular flexibility index (Phi) is 1.07. The van der Waals surface area contributed by atoms with Crippen molar-refractivity contribution in [3.63, 3.8) is 0 Å². The largest absolute Gasteiger partial charge is 0.244 e. The average molecular weight is 130 g/mol. The molecule has 0 spiro atoms. The third kappa shape index (κ3) is 0.719. The lowest BCUT2D eigenvalue weighted by molar-refractivity contribution is 1.07. The molecule has 2 heterocycles. The summed E-state index contributed by atoms with van der Waals surface area (Å²) in [6.45, 7) is 0. The normalized spacial score (nSPS) is 10.0. The summed E-state index contributed by atoms with van der Waals surface area (Å²) in [7, 11) is 0. The first kappa shape index (κ1) is 5.29. The van der Waals surface area contributed by atoms with E-state index in [2.05, 4.69) is 21.4 Å². The molecule has 0 atom stereocenters. The van der Waals surface area contributed by atoms with E-state index in [1.807, 2.05) is 6.07 Å². The van der Waals surface area contributed by atoms with Gasteiger partial charge in [0.25, 0.3) is 0 Å².